The molecule has 1 heterocycles. The monoisotopic (exact) mass is 403 g/mol. The van der Waals surface area contributed by atoms with E-state index >= 15 is 0 Å². The van der Waals surface area contributed by atoms with Crippen molar-refractivity contribution in [3.63, 3.8) is 0 Å². The van der Waals surface area contributed by atoms with Gasteiger partial charge in [-0.2, -0.15) is 0 Å². The van der Waals surface area contributed by atoms with Crippen LogP contribution in [0.2, 0.25) is 0 Å². The number of hydrogen-bond acceptors (Lipinski definition) is 2. The lowest BCUT2D eigenvalue weighted by Gasteiger charge is -2.23. The highest BCUT2D eigenvalue weighted by Crippen LogP contribution is 2.38. The van der Waals surface area contributed by atoms with Gasteiger partial charge in [-0.15, -0.1) is 11.8 Å². The lowest BCUT2D eigenvalue weighted by atomic mass is 9.88. The molecular weight excluding hydrogens is 377 g/mol. The van der Waals surface area contributed by atoms with Gasteiger partial charge in [0, 0.05) is 11.3 Å². The van der Waals surface area contributed by atoms with Gasteiger partial charge < -0.3 is 0 Å². The summed E-state index contributed by atoms with van der Waals surface area (Å²) in [5, 5.41) is 5.37. The average Bonchev–Trinajstić information content (AvgIpc) is 3.21. The smallest absolute Gasteiger partial charge is 0.0988 e. The maximum absolute atomic E-state index is 5.15. The Hall–Kier alpha value is -1.89. The van der Waals surface area contributed by atoms with Crippen molar-refractivity contribution in [2.45, 2.75) is 26.8 Å². The molecule has 0 spiro atoms. The van der Waals surface area contributed by atoms with E-state index in [-0.39, 0.29) is 5.41 Å². The van der Waals surface area contributed by atoms with Gasteiger partial charge in [0.1, 0.15) is 0 Å². The molecule has 1 nitrogen and oxygen atoms in total. The minimum Gasteiger partial charge on any atom is -0.273 e. The molecule has 3 aromatic carbocycles. The minimum atomic E-state index is -0.619. The fourth-order valence-electron chi connectivity index (χ4n) is 3.40. The Morgan fingerprint density at radius 1 is 0.786 bits per heavy atom. The van der Waals surface area contributed by atoms with E-state index in [4.69, 9.17) is 4.99 Å². The third-order valence-corrected chi connectivity index (χ3v) is 8.64. The molecule has 28 heavy (non-hydrogen) atoms. The number of thioether (sulfide) groups is 1. The first-order chi connectivity index (χ1) is 13.5. The van der Waals surface area contributed by atoms with Crippen molar-refractivity contribution in [3.8, 4) is 0 Å². The molecular formula is C25H26NPS. The van der Waals surface area contributed by atoms with E-state index in [1.807, 2.05) is 11.8 Å². The Labute approximate surface area is 174 Å². The van der Waals surface area contributed by atoms with Crippen molar-refractivity contribution in [2.24, 2.45) is 10.4 Å². The van der Waals surface area contributed by atoms with Gasteiger partial charge in [-0.05, 0) is 29.3 Å². The van der Waals surface area contributed by atoms with Crippen LogP contribution in [0.25, 0.3) is 0 Å². The van der Waals surface area contributed by atoms with Crippen LogP contribution in [-0.4, -0.2) is 16.8 Å². The number of rotatable bonds is 4. The predicted octanol–water partition coefficient (Wildman–Crippen LogP) is 5.35. The molecule has 0 aliphatic carbocycles. The van der Waals surface area contributed by atoms with E-state index in [9.17, 15) is 0 Å². The summed E-state index contributed by atoms with van der Waals surface area (Å²) in [5.74, 6) is 1.07. The third-order valence-electron chi connectivity index (χ3n) is 5.05. The largest absolute Gasteiger partial charge is 0.273 e. The Balaban J connectivity index is 1.83. The summed E-state index contributed by atoms with van der Waals surface area (Å²) < 4.78 is 0. The van der Waals surface area contributed by atoms with E-state index in [1.165, 1.54) is 26.5 Å². The van der Waals surface area contributed by atoms with Crippen LogP contribution >= 0.6 is 19.7 Å². The molecule has 1 atom stereocenters. The second-order valence-corrected chi connectivity index (χ2v) is 11.3. The van der Waals surface area contributed by atoms with E-state index in [1.54, 1.807) is 0 Å². The van der Waals surface area contributed by atoms with Gasteiger partial charge in [0.25, 0.3) is 0 Å². The molecule has 0 amide bonds. The number of hydrogen-bond donors (Lipinski definition) is 0. The topological polar surface area (TPSA) is 12.4 Å². The standard InChI is InChI=1S/C25H26NPS/c1-25(2,3)23-18-28-24(26-23)21-16-10-11-17-22(21)27(19-12-6-4-7-13-19)20-14-8-5-9-15-20/h4-17,23H,18H2,1-3H3/t23-/m1/s1. The molecule has 3 heteroatoms. The van der Waals surface area contributed by atoms with Gasteiger partial charge in [0.2, 0.25) is 0 Å². The zero-order chi connectivity index (χ0) is 19.6. The molecule has 0 N–H and O–H groups in total. The lowest BCUT2D eigenvalue weighted by Crippen LogP contribution is -2.25. The molecule has 1 aliphatic rings. The van der Waals surface area contributed by atoms with Gasteiger partial charge in [0.05, 0.1) is 11.1 Å². The van der Waals surface area contributed by atoms with Crippen LogP contribution < -0.4 is 15.9 Å². The van der Waals surface area contributed by atoms with Crippen molar-refractivity contribution in [3.05, 3.63) is 90.5 Å². The first-order valence-corrected chi connectivity index (χ1v) is 12.1. The van der Waals surface area contributed by atoms with Crippen molar-refractivity contribution in [2.75, 3.05) is 5.75 Å². The Bertz CT molecular complexity index is 921. The van der Waals surface area contributed by atoms with E-state index < -0.39 is 7.92 Å². The van der Waals surface area contributed by atoms with Crippen LogP contribution in [0.4, 0.5) is 0 Å². The van der Waals surface area contributed by atoms with Gasteiger partial charge in [0.15, 0.2) is 0 Å². The number of aliphatic imine (C=N–C) groups is 1. The van der Waals surface area contributed by atoms with E-state index in [2.05, 4.69) is 106 Å². The second-order valence-electron chi connectivity index (χ2n) is 8.15. The summed E-state index contributed by atoms with van der Waals surface area (Å²) in [6.45, 7) is 6.87. The highest BCUT2D eigenvalue weighted by molar-refractivity contribution is 8.14. The SMILES string of the molecule is CC(C)(C)[C@H]1CSC(c2ccccc2P(c2ccccc2)c2ccccc2)=N1. The first kappa shape index (κ1) is 19.4. The molecule has 0 radical (unpaired) electrons. The molecule has 4 rings (SSSR count). The Morgan fingerprint density at radius 3 is 1.86 bits per heavy atom. The van der Waals surface area contributed by atoms with E-state index in [0.29, 0.717) is 6.04 Å². The van der Waals surface area contributed by atoms with Crippen LogP contribution in [0.5, 0.6) is 0 Å². The molecule has 0 fully saturated rings. The summed E-state index contributed by atoms with van der Waals surface area (Å²) in [7, 11) is -0.619. The molecule has 0 bridgehead atoms. The zero-order valence-electron chi connectivity index (χ0n) is 16.7. The normalized spacial score (nSPS) is 17.0. The Kier molecular flexibility index (Phi) is 5.71. The lowest BCUT2D eigenvalue weighted by molar-refractivity contribution is 0.349. The minimum absolute atomic E-state index is 0.202. The average molecular weight is 404 g/mol. The van der Waals surface area contributed by atoms with Gasteiger partial charge in [-0.1, -0.05) is 106 Å². The van der Waals surface area contributed by atoms with Crippen LogP contribution in [-0.2, 0) is 0 Å². The number of benzene rings is 3. The van der Waals surface area contributed by atoms with Crippen LogP contribution in [0.1, 0.15) is 26.3 Å². The highest BCUT2D eigenvalue weighted by Gasteiger charge is 2.31. The quantitative estimate of drug-likeness (QED) is 0.535. The van der Waals surface area contributed by atoms with Crippen molar-refractivity contribution < 1.29 is 0 Å². The molecule has 0 unspecified atom stereocenters. The molecule has 0 saturated carbocycles. The van der Waals surface area contributed by atoms with E-state index in [0.717, 1.165) is 5.75 Å². The highest BCUT2D eigenvalue weighted by atomic mass is 32.2. The summed E-state index contributed by atoms with van der Waals surface area (Å²) in [4.78, 5) is 5.15. The maximum atomic E-state index is 5.15. The van der Waals surface area contributed by atoms with Crippen molar-refractivity contribution in [1.29, 1.82) is 0 Å². The summed E-state index contributed by atoms with van der Waals surface area (Å²) in [6, 6.07) is 31.1. The van der Waals surface area contributed by atoms with Crippen LogP contribution in [0.3, 0.4) is 0 Å². The summed E-state index contributed by atoms with van der Waals surface area (Å²) in [5.41, 5.74) is 1.51. The zero-order valence-corrected chi connectivity index (χ0v) is 18.4. The Morgan fingerprint density at radius 2 is 1.32 bits per heavy atom. The molecule has 142 valence electrons. The fourth-order valence-corrected chi connectivity index (χ4v) is 7.35. The van der Waals surface area contributed by atoms with Crippen LogP contribution in [0.15, 0.2) is 89.9 Å². The van der Waals surface area contributed by atoms with Crippen LogP contribution in [0, 0.1) is 5.41 Å². The van der Waals surface area contributed by atoms with Gasteiger partial charge >= 0.3 is 0 Å². The molecule has 3 aromatic rings. The molecule has 0 aromatic heterocycles. The third kappa shape index (κ3) is 4.09. The second kappa shape index (κ2) is 8.23. The maximum Gasteiger partial charge on any atom is 0.0988 e. The fraction of sp³-hybridized carbons (Fsp3) is 0.240. The van der Waals surface area contributed by atoms with Gasteiger partial charge in [-0.3, -0.25) is 4.99 Å². The summed E-state index contributed by atoms with van der Waals surface area (Å²) >= 11 is 1.91. The van der Waals surface area contributed by atoms with Crippen molar-refractivity contribution >= 4 is 40.6 Å². The molecule has 1 aliphatic heterocycles. The first-order valence-electron chi connectivity index (χ1n) is 9.74. The summed E-state index contributed by atoms with van der Waals surface area (Å²) in [6.07, 6.45) is 0. The predicted molar refractivity (Wildman–Crippen MR) is 127 cm³/mol. The molecule has 0 saturated heterocycles. The van der Waals surface area contributed by atoms with Gasteiger partial charge in [-0.25, -0.2) is 0 Å². The van der Waals surface area contributed by atoms with Crippen molar-refractivity contribution in [1.82, 2.24) is 0 Å². The number of nitrogens with zero attached hydrogens (tertiary/aromatic N) is 1.